The molecule has 3 aromatic rings. The number of nitrogens with zero attached hydrogens (tertiary/aromatic N) is 2. The van der Waals surface area contributed by atoms with Crippen LogP contribution in [0.1, 0.15) is 22.7 Å². The Kier molecular flexibility index (Phi) is 5.68. The van der Waals surface area contributed by atoms with E-state index in [0.29, 0.717) is 23.1 Å². The lowest BCUT2D eigenvalue weighted by Crippen LogP contribution is -2.21. The molecule has 0 unspecified atom stereocenters. The molecule has 32 heavy (non-hydrogen) atoms. The molecule has 0 spiro atoms. The molecular formula is C23H21N5O4. The highest BCUT2D eigenvalue weighted by Crippen LogP contribution is 2.44. The smallest absolute Gasteiger partial charge is 0.262 e. The van der Waals surface area contributed by atoms with Crippen LogP contribution in [-0.2, 0) is 4.79 Å². The number of H-pyrrole nitrogens is 1. The van der Waals surface area contributed by atoms with Crippen LogP contribution in [0.2, 0.25) is 0 Å². The summed E-state index contributed by atoms with van der Waals surface area (Å²) in [6.45, 7) is 1.65. The van der Waals surface area contributed by atoms with Crippen LogP contribution >= 0.6 is 0 Å². The van der Waals surface area contributed by atoms with E-state index >= 15 is 0 Å². The largest absolute Gasteiger partial charge is 0.493 e. The number of hydrogen-bond acceptors (Lipinski definition) is 7. The van der Waals surface area contributed by atoms with Gasteiger partial charge in [-0.2, -0.15) is 5.26 Å². The van der Waals surface area contributed by atoms with Gasteiger partial charge in [0.15, 0.2) is 18.1 Å². The van der Waals surface area contributed by atoms with Gasteiger partial charge in [-0.05, 0) is 36.8 Å². The molecule has 0 saturated carbocycles. The third-order valence-corrected chi connectivity index (χ3v) is 5.07. The van der Waals surface area contributed by atoms with Gasteiger partial charge in [-0.3, -0.25) is 9.89 Å². The summed E-state index contributed by atoms with van der Waals surface area (Å²) in [6, 6.07) is 16.5. The second-order valence-electron chi connectivity index (χ2n) is 7.11. The Labute approximate surface area is 184 Å². The van der Waals surface area contributed by atoms with Crippen molar-refractivity contribution in [2.45, 2.75) is 12.8 Å². The number of aromatic amines is 1. The Morgan fingerprint density at radius 3 is 2.78 bits per heavy atom. The van der Waals surface area contributed by atoms with Crippen molar-refractivity contribution in [3.05, 3.63) is 76.8 Å². The van der Waals surface area contributed by atoms with E-state index in [0.717, 1.165) is 16.8 Å². The number of aromatic nitrogens is 2. The summed E-state index contributed by atoms with van der Waals surface area (Å²) in [5.74, 6) is 0.375. The molecule has 4 rings (SSSR count). The van der Waals surface area contributed by atoms with Gasteiger partial charge in [-0.15, -0.1) is 5.10 Å². The number of nitriles is 1. The van der Waals surface area contributed by atoms with Crippen molar-refractivity contribution in [1.82, 2.24) is 10.2 Å². The molecule has 1 aliphatic rings. The number of methoxy groups -OCH3 is 1. The van der Waals surface area contributed by atoms with E-state index in [-0.39, 0.29) is 24.0 Å². The minimum atomic E-state index is -0.480. The zero-order chi connectivity index (χ0) is 22.7. The van der Waals surface area contributed by atoms with Crippen molar-refractivity contribution in [2.75, 3.05) is 19.0 Å². The normalized spacial score (nSPS) is 14.7. The lowest BCUT2D eigenvalue weighted by Gasteiger charge is -2.24. The number of fused-ring (bicyclic) bond motifs is 1. The molecule has 162 valence electrons. The first-order chi connectivity index (χ1) is 15.5. The maximum absolute atomic E-state index is 12.2. The number of nitrogens with two attached hydrogens (primary N) is 1. The summed E-state index contributed by atoms with van der Waals surface area (Å²) in [6.07, 6.45) is 0. The van der Waals surface area contributed by atoms with Crippen LogP contribution in [-0.4, -0.2) is 29.8 Å². The summed E-state index contributed by atoms with van der Waals surface area (Å²) >= 11 is 0. The molecule has 1 aliphatic heterocycles. The molecule has 1 amide bonds. The van der Waals surface area contributed by atoms with Crippen molar-refractivity contribution in [2.24, 2.45) is 5.73 Å². The molecule has 0 saturated heterocycles. The topological polar surface area (TPSA) is 135 Å². The van der Waals surface area contributed by atoms with Gasteiger partial charge in [0, 0.05) is 16.9 Å². The molecule has 2 heterocycles. The minimum Gasteiger partial charge on any atom is -0.493 e. The maximum Gasteiger partial charge on any atom is 0.262 e. The Morgan fingerprint density at radius 1 is 1.28 bits per heavy atom. The van der Waals surface area contributed by atoms with Crippen molar-refractivity contribution in [3.8, 4) is 23.4 Å². The Morgan fingerprint density at radius 2 is 2.06 bits per heavy atom. The highest BCUT2D eigenvalue weighted by atomic mass is 16.5. The van der Waals surface area contributed by atoms with Crippen molar-refractivity contribution in [3.63, 3.8) is 0 Å². The molecule has 1 atom stereocenters. The quantitative estimate of drug-likeness (QED) is 0.546. The van der Waals surface area contributed by atoms with E-state index in [1.807, 2.05) is 25.1 Å². The SMILES string of the molecule is COc1cc([C@H]2C(C#N)=C(N)Oc3n[nH]c(C)c32)ccc1OCC(=O)Nc1ccccc1. The molecule has 1 aromatic heterocycles. The first-order valence-electron chi connectivity index (χ1n) is 9.80. The van der Waals surface area contributed by atoms with Crippen LogP contribution in [0.4, 0.5) is 5.69 Å². The van der Waals surface area contributed by atoms with Crippen LogP contribution in [0.5, 0.6) is 17.4 Å². The lowest BCUT2D eigenvalue weighted by atomic mass is 9.84. The summed E-state index contributed by atoms with van der Waals surface area (Å²) in [4.78, 5) is 12.2. The molecule has 0 fully saturated rings. The third kappa shape index (κ3) is 3.94. The number of nitrogens with one attached hydrogen (secondary N) is 2. The standard InChI is InChI=1S/C23H21N5O4/c1-13-20-21(16(11-24)22(25)32-23(20)28-27-13)14-8-9-17(18(10-14)30-2)31-12-19(29)26-15-6-4-3-5-7-15/h3-10,21H,12,25H2,1-2H3,(H,26,29)(H,27,28)/t21-/m0/s1. The maximum atomic E-state index is 12.2. The fourth-order valence-corrected chi connectivity index (χ4v) is 3.58. The summed E-state index contributed by atoms with van der Waals surface area (Å²) in [5.41, 5.74) is 9.17. The number of ether oxygens (including phenoxy) is 3. The van der Waals surface area contributed by atoms with Crippen molar-refractivity contribution < 1.29 is 19.0 Å². The van der Waals surface area contributed by atoms with Gasteiger partial charge in [-0.1, -0.05) is 24.3 Å². The summed E-state index contributed by atoms with van der Waals surface area (Å²) < 4.78 is 16.7. The van der Waals surface area contributed by atoms with E-state index in [4.69, 9.17) is 19.9 Å². The zero-order valence-electron chi connectivity index (χ0n) is 17.5. The number of carbonyl (C=O) groups is 1. The highest BCUT2D eigenvalue weighted by Gasteiger charge is 2.34. The van der Waals surface area contributed by atoms with Gasteiger partial charge in [0.1, 0.15) is 11.6 Å². The van der Waals surface area contributed by atoms with E-state index in [1.54, 1.807) is 30.3 Å². The predicted octanol–water partition coefficient (Wildman–Crippen LogP) is 2.96. The summed E-state index contributed by atoms with van der Waals surface area (Å²) in [5, 5.41) is 19.4. The fraction of sp³-hybridized carbons (Fsp3) is 0.174. The first kappa shape index (κ1) is 20.8. The molecule has 0 aliphatic carbocycles. The fourth-order valence-electron chi connectivity index (χ4n) is 3.58. The molecule has 9 heteroatoms. The number of carbonyl (C=O) groups excluding carboxylic acids is 1. The number of benzene rings is 2. The minimum absolute atomic E-state index is 0.00776. The zero-order valence-corrected chi connectivity index (χ0v) is 17.5. The monoisotopic (exact) mass is 431 g/mol. The second kappa shape index (κ2) is 8.73. The predicted molar refractivity (Wildman–Crippen MR) is 116 cm³/mol. The number of hydrogen-bond donors (Lipinski definition) is 3. The number of rotatable bonds is 6. The van der Waals surface area contributed by atoms with E-state index in [9.17, 15) is 10.1 Å². The van der Waals surface area contributed by atoms with Crippen molar-refractivity contribution >= 4 is 11.6 Å². The molecule has 4 N–H and O–H groups in total. The highest BCUT2D eigenvalue weighted by molar-refractivity contribution is 5.91. The second-order valence-corrected chi connectivity index (χ2v) is 7.11. The molecule has 0 bridgehead atoms. The van der Waals surface area contributed by atoms with Crippen molar-refractivity contribution in [1.29, 1.82) is 5.26 Å². The molecule has 9 nitrogen and oxygen atoms in total. The third-order valence-electron chi connectivity index (χ3n) is 5.07. The first-order valence-corrected chi connectivity index (χ1v) is 9.80. The number of anilines is 1. The van der Waals surface area contributed by atoms with Crippen LogP contribution in [0.3, 0.4) is 0 Å². The Hall–Kier alpha value is -4.45. The lowest BCUT2D eigenvalue weighted by molar-refractivity contribution is -0.118. The van der Waals surface area contributed by atoms with E-state index in [1.165, 1.54) is 7.11 Å². The molecular weight excluding hydrogens is 410 g/mol. The van der Waals surface area contributed by atoms with Gasteiger partial charge >= 0.3 is 0 Å². The summed E-state index contributed by atoms with van der Waals surface area (Å²) in [7, 11) is 1.50. The number of allylic oxidation sites excluding steroid dienone is 1. The van der Waals surface area contributed by atoms with Gasteiger partial charge in [0.25, 0.3) is 5.91 Å². The number of aryl methyl sites for hydroxylation is 1. The van der Waals surface area contributed by atoms with Crippen LogP contribution in [0.25, 0.3) is 0 Å². The van der Waals surface area contributed by atoms with E-state index < -0.39 is 5.92 Å². The van der Waals surface area contributed by atoms with Gasteiger partial charge in [0.05, 0.1) is 13.0 Å². The average molecular weight is 431 g/mol. The molecule has 2 aromatic carbocycles. The average Bonchev–Trinajstić information content (AvgIpc) is 3.17. The van der Waals surface area contributed by atoms with Crippen LogP contribution in [0.15, 0.2) is 60.0 Å². The van der Waals surface area contributed by atoms with Crippen LogP contribution in [0, 0.1) is 18.3 Å². The number of para-hydroxylation sites is 1. The van der Waals surface area contributed by atoms with Gasteiger partial charge < -0.3 is 25.3 Å². The number of amides is 1. The Balaban J connectivity index is 1.58. The molecule has 0 radical (unpaired) electrons. The van der Waals surface area contributed by atoms with E-state index in [2.05, 4.69) is 21.6 Å². The van der Waals surface area contributed by atoms with Gasteiger partial charge in [0.2, 0.25) is 11.8 Å². The van der Waals surface area contributed by atoms with Gasteiger partial charge in [-0.25, -0.2) is 0 Å². The van der Waals surface area contributed by atoms with Crippen LogP contribution < -0.4 is 25.3 Å². The Bertz CT molecular complexity index is 1230.